The summed E-state index contributed by atoms with van der Waals surface area (Å²) in [6, 6.07) is 11.5. The number of rotatable bonds is 7. The van der Waals surface area contributed by atoms with Crippen molar-refractivity contribution in [2.75, 3.05) is 49.8 Å². The van der Waals surface area contributed by atoms with E-state index in [1.807, 2.05) is 6.07 Å². The van der Waals surface area contributed by atoms with E-state index in [1.165, 1.54) is 25.6 Å². The van der Waals surface area contributed by atoms with Gasteiger partial charge in [-0.1, -0.05) is 12.1 Å². The van der Waals surface area contributed by atoms with Gasteiger partial charge in [-0.25, -0.2) is 14.3 Å². The molecule has 2 aromatic carbocycles. The molecule has 5 rings (SSSR count). The van der Waals surface area contributed by atoms with Crippen LogP contribution in [-0.4, -0.2) is 65.3 Å². The normalized spacial score (nSPS) is 14.2. The molecule has 210 valence electrons. The maximum Gasteiger partial charge on any atom is 0.573 e. The molecule has 0 unspecified atom stereocenters. The summed E-state index contributed by atoms with van der Waals surface area (Å²) in [7, 11) is 1.46. The minimum atomic E-state index is -4.85. The summed E-state index contributed by atoms with van der Waals surface area (Å²) in [5.74, 6) is 0.213. The molecule has 0 atom stereocenters. The third kappa shape index (κ3) is 6.18. The first kappa shape index (κ1) is 27.0. The number of hydrogen-bond donors (Lipinski definition) is 3. The Labute approximate surface area is 226 Å². The number of alkyl halides is 3. The zero-order valence-corrected chi connectivity index (χ0v) is 21.4. The van der Waals surface area contributed by atoms with Crippen LogP contribution < -0.4 is 25.8 Å². The number of methoxy groups -OCH3 is 1. The summed E-state index contributed by atoms with van der Waals surface area (Å²) in [4.78, 5) is 19.1. The number of benzene rings is 2. The van der Waals surface area contributed by atoms with Gasteiger partial charge in [0.25, 0.3) is 0 Å². The van der Waals surface area contributed by atoms with Crippen LogP contribution in [0.25, 0.3) is 16.6 Å². The standard InChI is InChI=1S/C26H26F3N7O4/c1-38-22-11-16(5-6-21(22)34-25(37)33-17-3-2-4-19(12-17)40-26(27,28)29)20-13-18(14-35-7-9-39-10-8-35)36-23(20)24(30)31-15-32-36/h2-6,11-13,15H,7-10,14H2,1H3,(H2,30,31,32)(H2,33,34,37). The molecule has 4 N–H and O–H groups in total. The number of anilines is 3. The third-order valence-electron chi connectivity index (χ3n) is 6.23. The fourth-order valence-corrected chi connectivity index (χ4v) is 4.47. The average Bonchev–Trinajstić information content (AvgIpc) is 3.28. The van der Waals surface area contributed by atoms with Crippen molar-refractivity contribution in [2.24, 2.45) is 0 Å². The number of amides is 2. The molecular weight excluding hydrogens is 531 g/mol. The van der Waals surface area contributed by atoms with Gasteiger partial charge in [-0.2, -0.15) is 5.10 Å². The Kier molecular flexibility index (Phi) is 7.62. The summed E-state index contributed by atoms with van der Waals surface area (Å²) in [5.41, 5.74) is 9.82. The van der Waals surface area contributed by atoms with Crippen molar-refractivity contribution in [3.63, 3.8) is 0 Å². The number of urea groups is 1. The first-order valence-corrected chi connectivity index (χ1v) is 12.2. The van der Waals surface area contributed by atoms with E-state index in [2.05, 4.69) is 30.4 Å². The molecule has 3 heterocycles. The minimum Gasteiger partial charge on any atom is -0.495 e. The maximum absolute atomic E-state index is 12.6. The Morgan fingerprint density at radius 3 is 2.67 bits per heavy atom. The largest absolute Gasteiger partial charge is 0.573 e. The second-order valence-electron chi connectivity index (χ2n) is 8.91. The van der Waals surface area contributed by atoms with Crippen LogP contribution in [0.1, 0.15) is 5.69 Å². The van der Waals surface area contributed by atoms with Crippen LogP contribution in [0.15, 0.2) is 54.9 Å². The van der Waals surface area contributed by atoms with E-state index < -0.39 is 18.1 Å². The van der Waals surface area contributed by atoms with Gasteiger partial charge in [0.1, 0.15) is 23.3 Å². The van der Waals surface area contributed by atoms with E-state index in [9.17, 15) is 18.0 Å². The van der Waals surface area contributed by atoms with Gasteiger partial charge in [0.05, 0.1) is 31.7 Å². The van der Waals surface area contributed by atoms with Crippen molar-refractivity contribution >= 4 is 28.7 Å². The number of hydrogen-bond acceptors (Lipinski definition) is 8. The lowest BCUT2D eigenvalue weighted by Crippen LogP contribution is -2.36. The van der Waals surface area contributed by atoms with Crippen LogP contribution in [0.4, 0.5) is 35.2 Å². The highest BCUT2D eigenvalue weighted by molar-refractivity contribution is 6.01. The Morgan fingerprint density at radius 2 is 1.93 bits per heavy atom. The Bertz CT molecular complexity index is 1520. The van der Waals surface area contributed by atoms with E-state index in [4.69, 9.17) is 15.2 Å². The number of morpholine rings is 1. The van der Waals surface area contributed by atoms with Gasteiger partial charge >= 0.3 is 12.4 Å². The number of nitrogen functional groups attached to an aromatic ring is 1. The van der Waals surface area contributed by atoms with Crippen molar-refractivity contribution < 1.29 is 32.2 Å². The number of carbonyl (C=O) groups is 1. The van der Waals surface area contributed by atoms with Gasteiger partial charge in [-0.05, 0) is 35.9 Å². The van der Waals surface area contributed by atoms with Crippen molar-refractivity contribution in [3.05, 3.63) is 60.6 Å². The zero-order valence-electron chi connectivity index (χ0n) is 21.4. The fourth-order valence-electron chi connectivity index (χ4n) is 4.47. The van der Waals surface area contributed by atoms with Crippen LogP contribution >= 0.6 is 0 Å². The Hall–Kier alpha value is -4.56. The topological polar surface area (TPSA) is 128 Å². The monoisotopic (exact) mass is 557 g/mol. The van der Waals surface area contributed by atoms with Crippen molar-refractivity contribution in [1.29, 1.82) is 0 Å². The molecule has 0 radical (unpaired) electrons. The molecule has 1 aliphatic heterocycles. The predicted octanol–water partition coefficient (Wildman–Crippen LogP) is 4.36. The van der Waals surface area contributed by atoms with Gasteiger partial charge in [-0.15, -0.1) is 13.2 Å². The first-order valence-electron chi connectivity index (χ1n) is 12.2. The van der Waals surface area contributed by atoms with Gasteiger partial charge in [0.15, 0.2) is 5.82 Å². The molecule has 2 amide bonds. The number of nitrogens with zero attached hydrogens (tertiary/aromatic N) is 4. The second-order valence-corrected chi connectivity index (χ2v) is 8.91. The van der Waals surface area contributed by atoms with Crippen molar-refractivity contribution in [2.45, 2.75) is 12.9 Å². The van der Waals surface area contributed by atoms with E-state index in [0.29, 0.717) is 42.5 Å². The summed E-state index contributed by atoms with van der Waals surface area (Å²) in [5, 5.41) is 9.56. The minimum absolute atomic E-state index is 0.110. The van der Waals surface area contributed by atoms with Gasteiger partial charge in [0.2, 0.25) is 0 Å². The van der Waals surface area contributed by atoms with E-state index >= 15 is 0 Å². The molecule has 2 aromatic heterocycles. The van der Waals surface area contributed by atoms with Crippen LogP contribution in [0.3, 0.4) is 0 Å². The number of ether oxygens (including phenoxy) is 3. The molecule has 4 aromatic rings. The van der Waals surface area contributed by atoms with Crippen molar-refractivity contribution in [3.8, 4) is 22.6 Å². The molecule has 0 aliphatic carbocycles. The third-order valence-corrected chi connectivity index (χ3v) is 6.23. The highest BCUT2D eigenvalue weighted by Gasteiger charge is 2.31. The summed E-state index contributed by atoms with van der Waals surface area (Å²) < 4.78 is 54.2. The quantitative estimate of drug-likeness (QED) is 0.306. The molecule has 0 bridgehead atoms. The number of nitrogens with one attached hydrogen (secondary N) is 2. The first-order chi connectivity index (χ1) is 19.2. The molecule has 1 saturated heterocycles. The van der Waals surface area contributed by atoms with E-state index in [-0.39, 0.29) is 5.69 Å². The lowest BCUT2D eigenvalue weighted by Gasteiger charge is -2.26. The van der Waals surface area contributed by atoms with Crippen LogP contribution in [-0.2, 0) is 11.3 Å². The SMILES string of the molecule is COc1cc(-c2cc(CN3CCOCC3)n3ncnc(N)c23)ccc1NC(=O)Nc1cccc(OC(F)(F)F)c1. The summed E-state index contributed by atoms with van der Waals surface area (Å²) in [6.07, 6.45) is -3.44. The lowest BCUT2D eigenvalue weighted by molar-refractivity contribution is -0.274. The average molecular weight is 558 g/mol. The van der Waals surface area contributed by atoms with Crippen molar-refractivity contribution in [1.82, 2.24) is 19.5 Å². The van der Waals surface area contributed by atoms with Crippen LogP contribution in [0.2, 0.25) is 0 Å². The van der Waals surface area contributed by atoms with Gasteiger partial charge < -0.3 is 30.6 Å². The molecule has 1 fully saturated rings. The van der Waals surface area contributed by atoms with Crippen LogP contribution in [0, 0.1) is 0 Å². The Morgan fingerprint density at radius 1 is 1.12 bits per heavy atom. The number of aromatic nitrogens is 3. The van der Waals surface area contributed by atoms with Gasteiger partial charge in [0, 0.05) is 37.0 Å². The molecule has 0 saturated carbocycles. The smallest absolute Gasteiger partial charge is 0.495 e. The molecular formula is C26H26F3N7O4. The number of fused-ring (bicyclic) bond motifs is 1. The van der Waals surface area contributed by atoms with E-state index in [1.54, 1.807) is 22.7 Å². The van der Waals surface area contributed by atoms with Gasteiger partial charge in [-0.3, -0.25) is 4.90 Å². The molecule has 14 heteroatoms. The number of carbonyl (C=O) groups excluding carboxylic acids is 1. The van der Waals surface area contributed by atoms with E-state index in [0.717, 1.165) is 42.0 Å². The maximum atomic E-state index is 12.6. The highest BCUT2D eigenvalue weighted by atomic mass is 19.4. The fraction of sp³-hybridized carbons (Fsp3) is 0.269. The summed E-state index contributed by atoms with van der Waals surface area (Å²) >= 11 is 0. The zero-order chi connectivity index (χ0) is 28.3. The van der Waals surface area contributed by atoms with Crippen LogP contribution in [0.5, 0.6) is 11.5 Å². The molecule has 0 spiro atoms. The lowest BCUT2D eigenvalue weighted by atomic mass is 10.1. The molecule has 11 nitrogen and oxygen atoms in total. The highest BCUT2D eigenvalue weighted by Crippen LogP contribution is 2.36. The summed E-state index contributed by atoms with van der Waals surface area (Å²) in [6.45, 7) is 3.59. The molecule has 1 aliphatic rings. The Balaban J connectivity index is 1.38. The number of halogens is 3. The second kappa shape index (κ2) is 11.3. The molecule has 40 heavy (non-hydrogen) atoms. The number of nitrogens with two attached hydrogens (primary N) is 1. The predicted molar refractivity (Wildman–Crippen MR) is 141 cm³/mol.